The quantitative estimate of drug-likeness (QED) is 0.310. The number of nitrogens with zero attached hydrogens (tertiary/aromatic N) is 1. The average Bonchev–Trinajstić information content (AvgIpc) is 3.18. The van der Waals surface area contributed by atoms with Gasteiger partial charge in [0.2, 0.25) is 0 Å². The highest BCUT2D eigenvalue weighted by molar-refractivity contribution is 6.45. The predicted molar refractivity (Wildman–Crippen MR) is 127 cm³/mol. The Kier molecular flexibility index (Phi) is 7.10. The Morgan fingerprint density at radius 1 is 1.09 bits per heavy atom. The van der Waals surface area contributed by atoms with Crippen molar-refractivity contribution in [1.29, 1.82) is 0 Å². The smallest absolute Gasteiger partial charge is 0.306 e. The molecule has 1 fully saturated rings. The number of likely N-dealkylation sites (tertiary alicyclic amines) is 1. The number of aryl methyl sites for hydroxylation is 1. The second-order valence-electron chi connectivity index (χ2n) is 8.80. The number of hydrogen-bond acceptors (Lipinski definition) is 4. The molecule has 2 aromatic carbocycles. The molecule has 7 heteroatoms. The number of H-pyrrole nitrogens is 1. The first-order valence-corrected chi connectivity index (χ1v) is 11.7. The van der Waals surface area contributed by atoms with E-state index in [1.807, 2.05) is 24.3 Å². The zero-order valence-electron chi connectivity index (χ0n) is 19.5. The molecule has 1 aliphatic heterocycles. The molecule has 178 valence electrons. The Balaban J connectivity index is 1.47. The normalized spacial score (nSPS) is 15.3. The number of carbonyl (C=O) groups excluding carboxylic acids is 3. The Hall–Kier alpha value is -3.48. The highest BCUT2D eigenvalue weighted by Gasteiger charge is 2.34. The lowest BCUT2D eigenvalue weighted by Gasteiger charge is -2.36. The average molecular weight is 465 g/mol. The van der Waals surface area contributed by atoms with Crippen LogP contribution in [-0.2, 0) is 14.3 Å². The number of Topliss-reactive ketones (excluding diaryl/α,β-unsaturated/α-hetero) is 1. The zero-order valence-corrected chi connectivity index (χ0v) is 19.5. The van der Waals surface area contributed by atoms with E-state index in [1.54, 1.807) is 30.9 Å². The maximum atomic E-state index is 13.5. The number of aromatic amines is 1. The number of hydrogen-bond donors (Lipinski definition) is 1. The molecule has 0 saturated carbocycles. The summed E-state index contributed by atoms with van der Waals surface area (Å²) in [4.78, 5) is 43.2. The largest absolute Gasteiger partial charge is 0.466 e. The molecule has 1 saturated heterocycles. The fourth-order valence-corrected chi connectivity index (χ4v) is 4.99. The SMILES string of the molecule is CCOC(=O)CC(c1ccc(F)cc1)C1CCN(C(=O)C(=O)c2c(C)[nH]c3ccccc23)CC1. The summed E-state index contributed by atoms with van der Waals surface area (Å²) < 4.78 is 18.6. The van der Waals surface area contributed by atoms with Gasteiger partial charge in [-0.15, -0.1) is 0 Å². The van der Waals surface area contributed by atoms with Gasteiger partial charge >= 0.3 is 5.97 Å². The molecule has 0 radical (unpaired) electrons. The van der Waals surface area contributed by atoms with Crippen LogP contribution in [0.2, 0.25) is 0 Å². The van der Waals surface area contributed by atoms with Crippen molar-refractivity contribution in [3.8, 4) is 0 Å². The number of ether oxygens (including phenoxy) is 1. The molecule has 0 bridgehead atoms. The van der Waals surface area contributed by atoms with Crippen molar-refractivity contribution in [2.24, 2.45) is 5.92 Å². The highest BCUT2D eigenvalue weighted by atomic mass is 19.1. The number of para-hydroxylation sites is 1. The van der Waals surface area contributed by atoms with E-state index in [0.29, 0.717) is 43.8 Å². The Labute approximate surface area is 198 Å². The molecule has 3 aromatic rings. The number of rotatable bonds is 7. The van der Waals surface area contributed by atoms with Crippen molar-refractivity contribution in [3.63, 3.8) is 0 Å². The monoisotopic (exact) mass is 464 g/mol. The van der Waals surface area contributed by atoms with Crippen LogP contribution in [0.15, 0.2) is 48.5 Å². The Morgan fingerprint density at radius 2 is 1.76 bits per heavy atom. The zero-order chi connectivity index (χ0) is 24.2. The Bertz CT molecular complexity index is 1190. The minimum absolute atomic E-state index is 0.115. The molecule has 4 rings (SSSR count). The number of halogens is 1. The van der Waals surface area contributed by atoms with Gasteiger partial charge in [0.1, 0.15) is 5.82 Å². The van der Waals surface area contributed by atoms with Crippen LogP contribution >= 0.6 is 0 Å². The summed E-state index contributed by atoms with van der Waals surface area (Å²) >= 11 is 0. The van der Waals surface area contributed by atoms with Crippen LogP contribution in [0.3, 0.4) is 0 Å². The number of nitrogens with one attached hydrogen (secondary N) is 1. The van der Waals surface area contributed by atoms with Crippen LogP contribution in [0.1, 0.15) is 53.7 Å². The fraction of sp³-hybridized carbons (Fsp3) is 0.370. The first-order chi connectivity index (χ1) is 16.4. The molecule has 0 spiro atoms. The van der Waals surface area contributed by atoms with Crippen LogP contribution < -0.4 is 0 Å². The molecular formula is C27H29FN2O4. The number of ketones is 1. The van der Waals surface area contributed by atoms with Gasteiger partial charge in [0, 0.05) is 29.7 Å². The summed E-state index contributed by atoms with van der Waals surface area (Å²) in [6.45, 7) is 4.72. The molecule has 0 aliphatic carbocycles. The Morgan fingerprint density at radius 3 is 2.44 bits per heavy atom. The van der Waals surface area contributed by atoms with Gasteiger partial charge in [-0.2, -0.15) is 0 Å². The molecule has 1 aliphatic rings. The van der Waals surface area contributed by atoms with E-state index in [9.17, 15) is 18.8 Å². The van der Waals surface area contributed by atoms with Gasteiger partial charge in [0.15, 0.2) is 0 Å². The van der Waals surface area contributed by atoms with E-state index >= 15 is 0 Å². The van der Waals surface area contributed by atoms with Crippen molar-refractivity contribution in [3.05, 3.63) is 71.2 Å². The van der Waals surface area contributed by atoms with Crippen molar-refractivity contribution in [2.75, 3.05) is 19.7 Å². The maximum absolute atomic E-state index is 13.5. The lowest BCUT2D eigenvalue weighted by Crippen LogP contribution is -2.43. The minimum atomic E-state index is -0.505. The number of benzene rings is 2. The number of piperidine rings is 1. The molecular weight excluding hydrogens is 435 g/mol. The summed E-state index contributed by atoms with van der Waals surface area (Å²) in [6, 6.07) is 13.7. The van der Waals surface area contributed by atoms with Gasteiger partial charge in [0.25, 0.3) is 11.7 Å². The number of esters is 1. The molecule has 1 aromatic heterocycles. The van der Waals surface area contributed by atoms with Crippen LogP contribution in [0.25, 0.3) is 10.9 Å². The predicted octanol–water partition coefficient (Wildman–Crippen LogP) is 4.77. The van der Waals surface area contributed by atoms with E-state index in [-0.39, 0.29) is 30.0 Å². The molecule has 1 unspecified atom stereocenters. The number of amides is 1. The number of fused-ring (bicyclic) bond motifs is 1. The highest BCUT2D eigenvalue weighted by Crippen LogP contribution is 2.36. The third kappa shape index (κ3) is 4.88. The van der Waals surface area contributed by atoms with Gasteiger partial charge < -0.3 is 14.6 Å². The van der Waals surface area contributed by atoms with Gasteiger partial charge in [-0.3, -0.25) is 14.4 Å². The van der Waals surface area contributed by atoms with Crippen LogP contribution in [-0.4, -0.2) is 47.2 Å². The first-order valence-electron chi connectivity index (χ1n) is 11.7. The summed E-state index contributed by atoms with van der Waals surface area (Å²) in [5, 5.41) is 0.749. The van der Waals surface area contributed by atoms with Crippen LogP contribution in [0, 0.1) is 18.7 Å². The molecule has 1 N–H and O–H groups in total. The van der Waals surface area contributed by atoms with E-state index in [0.717, 1.165) is 16.5 Å². The standard InChI is InChI=1S/C27H29FN2O4/c1-3-34-24(31)16-22(18-8-10-20(28)11-9-18)19-12-14-30(15-13-19)27(33)26(32)25-17(2)29-23-7-5-4-6-21(23)25/h4-11,19,22,29H,3,12-16H2,1-2H3. The van der Waals surface area contributed by atoms with Crippen LogP contribution in [0.4, 0.5) is 4.39 Å². The van der Waals surface area contributed by atoms with E-state index in [1.165, 1.54) is 12.1 Å². The maximum Gasteiger partial charge on any atom is 0.306 e. The van der Waals surface area contributed by atoms with Gasteiger partial charge in [-0.25, -0.2) is 4.39 Å². The summed E-state index contributed by atoms with van der Waals surface area (Å²) in [5.41, 5.74) is 2.81. The molecule has 2 heterocycles. The van der Waals surface area contributed by atoms with Crippen LogP contribution in [0.5, 0.6) is 0 Å². The number of aromatic nitrogens is 1. The van der Waals surface area contributed by atoms with Gasteiger partial charge in [-0.05, 0) is 62.3 Å². The molecule has 1 atom stereocenters. The molecule has 1 amide bonds. The number of carbonyl (C=O) groups is 3. The van der Waals surface area contributed by atoms with E-state index in [2.05, 4.69) is 4.98 Å². The summed E-state index contributed by atoms with van der Waals surface area (Å²) in [6.07, 6.45) is 1.49. The van der Waals surface area contributed by atoms with Crippen molar-refractivity contribution in [1.82, 2.24) is 9.88 Å². The van der Waals surface area contributed by atoms with Crippen molar-refractivity contribution in [2.45, 2.75) is 39.0 Å². The van der Waals surface area contributed by atoms with E-state index < -0.39 is 11.7 Å². The lowest BCUT2D eigenvalue weighted by molar-refractivity contribution is -0.144. The van der Waals surface area contributed by atoms with Gasteiger partial charge in [0.05, 0.1) is 18.6 Å². The third-order valence-corrected chi connectivity index (χ3v) is 6.70. The molecule has 34 heavy (non-hydrogen) atoms. The summed E-state index contributed by atoms with van der Waals surface area (Å²) in [5.74, 6) is -1.65. The second kappa shape index (κ2) is 10.2. The van der Waals surface area contributed by atoms with Crippen molar-refractivity contribution >= 4 is 28.6 Å². The second-order valence-corrected chi connectivity index (χ2v) is 8.80. The first kappa shape index (κ1) is 23.7. The van der Waals surface area contributed by atoms with E-state index in [4.69, 9.17) is 4.74 Å². The fourth-order valence-electron chi connectivity index (χ4n) is 4.99. The molecule has 6 nitrogen and oxygen atoms in total. The summed E-state index contributed by atoms with van der Waals surface area (Å²) in [7, 11) is 0. The lowest BCUT2D eigenvalue weighted by atomic mass is 9.78. The minimum Gasteiger partial charge on any atom is -0.466 e. The third-order valence-electron chi connectivity index (χ3n) is 6.70. The topological polar surface area (TPSA) is 79.5 Å². The van der Waals surface area contributed by atoms with Gasteiger partial charge in [-0.1, -0.05) is 30.3 Å². The van der Waals surface area contributed by atoms with Crippen molar-refractivity contribution < 1.29 is 23.5 Å².